The lowest BCUT2D eigenvalue weighted by Gasteiger charge is -2.17. The van der Waals surface area contributed by atoms with Crippen LogP contribution in [0.4, 0.5) is 0 Å². The topological polar surface area (TPSA) is 76.7 Å². The number of hydrazine groups is 1. The number of benzene rings is 3. The molecule has 2 N–H and O–H groups in total. The van der Waals surface area contributed by atoms with Crippen LogP contribution >= 0.6 is 0 Å². The summed E-state index contributed by atoms with van der Waals surface area (Å²) in [5, 5.41) is 1.94. The molecule has 3 aromatic rings. The van der Waals surface area contributed by atoms with Crippen LogP contribution in [0.15, 0.2) is 60.7 Å². The number of aryl methyl sites for hydroxylation is 2. The van der Waals surface area contributed by atoms with Crippen LogP contribution in [0, 0.1) is 13.8 Å². The molecule has 0 spiro atoms. The van der Waals surface area contributed by atoms with Crippen molar-refractivity contribution in [2.45, 2.75) is 26.9 Å². The van der Waals surface area contributed by atoms with E-state index >= 15 is 0 Å². The van der Waals surface area contributed by atoms with Gasteiger partial charge < -0.3 is 9.47 Å². The molecule has 1 unspecified atom stereocenters. The van der Waals surface area contributed by atoms with Gasteiger partial charge in [0, 0.05) is 5.39 Å². The number of fused-ring (bicyclic) bond motifs is 1. The zero-order valence-electron chi connectivity index (χ0n) is 16.7. The summed E-state index contributed by atoms with van der Waals surface area (Å²) >= 11 is 0. The molecule has 1 atom stereocenters. The monoisotopic (exact) mass is 392 g/mol. The quantitative estimate of drug-likeness (QED) is 0.630. The van der Waals surface area contributed by atoms with Gasteiger partial charge in [-0.3, -0.25) is 20.4 Å². The van der Waals surface area contributed by atoms with Gasteiger partial charge in [0.2, 0.25) is 0 Å². The van der Waals surface area contributed by atoms with Gasteiger partial charge in [0.05, 0.1) is 0 Å². The van der Waals surface area contributed by atoms with Crippen molar-refractivity contribution in [1.29, 1.82) is 0 Å². The minimum absolute atomic E-state index is 0.222. The zero-order valence-corrected chi connectivity index (χ0v) is 16.7. The molecule has 6 nitrogen and oxygen atoms in total. The van der Waals surface area contributed by atoms with E-state index < -0.39 is 17.9 Å². The molecule has 0 heterocycles. The normalized spacial score (nSPS) is 11.6. The van der Waals surface area contributed by atoms with Gasteiger partial charge >= 0.3 is 0 Å². The highest BCUT2D eigenvalue weighted by Crippen LogP contribution is 2.25. The van der Waals surface area contributed by atoms with E-state index in [1.165, 1.54) is 0 Å². The van der Waals surface area contributed by atoms with Gasteiger partial charge in [-0.1, -0.05) is 48.5 Å². The van der Waals surface area contributed by atoms with Gasteiger partial charge in [0.25, 0.3) is 11.8 Å². The molecule has 150 valence electrons. The molecular formula is C23H24N2O4. The first-order valence-corrected chi connectivity index (χ1v) is 9.37. The molecule has 0 fully saturated rings. The fourth-order valence-electron chi connectivity index (χ4n) is 2.81. The predicted octanol–water partition coefficient (Wildman–Crippen LogP) is 3.45. The van der Waals surface area contributed by atoms with E-state index in [2.05, 4.69) is 10.9 Å². The van der Waals surface area contributed by atoms with Gasteiger partial charge in [-0.15, -0.1) is 0 Å². The zero-order chi connectivity index (χ0) is 20.8. The summed E-state index contributed by atoms with van der Waals surface area (Å²) in [6, 6.07) is 19.2. The number of amides is 2. The molecule has 29 heavy (non-hydrogen) atoms. The van der Waals surface area contributed by atoms with E-state index in [1.807, 2.05) is 68.4 Å². The van der Waals surface area contributed by atoms with Crippen LogP contribution < -0.4 is 20.3 Å². The van der Waals surface area contributed by atoms with Gasteiger partial charge in [-0.2, -0.15) is 0 Å². The second-order valence-electron chi connectivity index (χ2n) is 6.83. The molecule has 3 rings (SSSR count). The number of carbonyl (C=O) groups is 2. The summed E-state index contributed by atoms with van der Waals surface area (Å²) in [5.41, 5.74) is 6.69. The van der Waals surface area contributed by atoms with E-state index in [0.717, 1.165) is 21.9 Å². The summed E-state index contributed by atoms with van der Waals surface area (Å²) in [6.45, 7) is 5.26. The van der Waals surface area contributed by atoms with Crippen molar-refractivity contribution in [2.75, 3.05) is 6.61 Å². The second kappa shape index (κ2) is 9.10. The Kier molecular flexibility index (Phi) is 6.34. The lowest BCUT2D eigenvalue weighted by Crippen LogP contribution is -2.48. The lowest BCUT2D eigenvalue weighted by molar-refractivity contribution is -0.133. The average molecular weight is 392 g/mol. The first-order chi connectivity index (χ1) is 13.9. The second-order valence-corrected chi connectivity index (χ2v) is 6.83. The number of hydrogen-bond donors (Lipinski definition) is 2. The van der Waals surface area contributed by atoms with Gasteiger partial charge in [-0.25, -0.2) is 0 Å². The van der Waals surface area contributed by atoms with Crippen LogP contribution in [0.25, 0.3) is 10.8 Å². The first kappa shape index (κ1) is 20.2. The van der Waals surface area contributed by atoms with Crippen molar-refractivity contribution in [3.8, 4) is 11.5 Å². The summed E-state index contributed by atoms with van der Waals surface area (Å²) in [4.78, 5) is 24.3. The largest absolute Gasteiger partial charge is 0.483 e. The van der Waals surface area contributed by atoms with E-state index in [4.69, 9.17) is 9.47 Å². The fourth-order valence-corrected chi connectivity index (χ4v) is 2.81. The third-order valence-electron chi connectivity index (χ3n) is 4.45. The van der Waals surface area contributed by atoms with E-state index in [1.54, 1.807) is 13.0 Å². The maximum atomic E-state index is 12.2. The molecule has 0 saturated heterocycles. The van der Waals surface area contributed by atoms with E-state index in [9.17, 15) is 9.59 Å². The highest BCUT2D eigenvalue weighted by atomic mass is 16.5. The van der Waals surface area contributed by atoms with Crippen molar-refractivity contribution >= 4 is 22.6 Å². The summed E-state index contributed by atoms with van der Waals surface area (Å²) in [7, 11) is 0. The fraction of sp³-hybridized carbons (Fsp3) is 0.217. The van der Waals surface area contributed by atoms with Crippen LogP contribution in [0.1, 0.15) is 18.1 Å². The molecule has 0 aliphatic rings. The Bertz CT molecular complexity index is 1030. The van der Waals surface area contributed by atoms with Crippen molar-refractivity contribution in [3.63, 3.8) is 0 Å². The standard InChI is InChI=1S/C23H24N2O4/c1-15-11-12-16(2)21(13-15)29-17(3)23(27)25-24-22(26)14-28-20-10-6-8-18-7-4-5-9-19(18)20/h4-13,17H,14H2,1-3H3,(H,24,26)(H,25,27). The maximum absolute atomic E-state index is 12.2. The predicted molar refractivity (Wildman–Crippen MR) is 112 cm³/mol. The van der Waals surface area contributed by atoms with Crippen LogP contribution in [-0.2, 0) is 9.59 Å². The molecule has 0 saturated carbocycles. The number of hydrogen-bond acceptors (Lipinski definition) is 4. The minimum Gasteiger partial charge on any atom is -0.483 e. The minimum atomic E-state index is -0.769. The highest BCUT2D eigenvalue weighted by Gasteiger charge is 2.16. The molecule has 0 bridgehead atoms. The Morgan fingerprint density at radius 2 is 1.69 bits per heavy atom. The molecule has 3 aromatic carbocycles. The molecule has 0 aliphatic carbocycles. The van der Waals surface area contributed by atoms with Gasteiger partial charge in [0.1, 0.15) is 11.5 Å². The number of nitrogens with one attached hydrogen (secondary N) is 2. The van der Waals surface area contributed by atoms with Crippen molar-refractivity contribution < 1.29 is 19.1 Å². The molecule has 2 amide bonds. The van der Waals surface area contributed by atoms with E-state index in [-0.39, 0.29) is 6.61 Å². The molecule has 0 aliphatic heterocycles. The van der Waals surface area contributed by atoms with Crippen LogP contribution in [-0.4, -0.2) is 24.5 Å². The molecular weight excluding hydrogens is 368 g/mol. The highest BCUT2D eigenvalue weighted by molar-refractivity contribution is 5.89. The summed E-state index contributed by atoms with van der Waals surface area (Å²) in [5.74, 6) is 0.323. The van der Waals surface area contributed by atoms with Crippen molar-refractivity contribution in [3.05, 3.63) is 71.8 Å². The Balaban J connectivity index is 1.49. The van der Waals surface area contributed by atoms with E-state index in [0.29, 0.717) is 11.5 Å². The van der Waals surface area contributed by atoms with Gasteiger partial charge in [-0.05, 0) is 49.4 Å². The number of carbonyl (C=O) groups excluding carboxylic acids is 2. The van der Waals surface area contributed by atoms with Crippen LogP contribution in [0.3, 0.4) is 0 Å². The average Bonchev–Trinajstić information content (AvgIpc) is 2.73. The summed E-state index contributed by atoms with van der Waals surface area (Å²) < 4.78 is 11.3. The summed E-state index contributed by atoms with van der Waals surface area (Å²) in [6.07, 6.45) is -0.769. The molecule has 0 aromatic heterocycles. The van der Waals surface area contributed by atoms with Gasteiger partial charge in [0.15, 0.2) is 12.7 Å². The SMILES string of the molecule is Cc1ccc(C)c(OC(C)C(=O)NNC(=O)COc2cccc3ccccc23)c1. The maximum Gasteiger partial charge on any atom is 0.279 e. The third kappa shape index (κ3) is 5.25. The van der Waals surface area contributed by atoms with Crippen LogP contribution in [0.5, 0.6) is 11.5 Å². The van der Waals surface area contributed by atoms with Crippen molar-refractivity contribution in [2.24, 2.45) is 0 Å². The Morgan fingerprint density at radius 3 is 2.52 bits per heavy atom. The number of rotatable bonds is 6. The molecule has 6 heteroatoms. The number of ether oxygens (including phenoxy) is 2. The molecule has 0 radical (unpaired) electrons. The third-order valence-corrected chi connectivity index (χ3v) is 4.45. The van der Waals surface area contributed by atoms with Crippen LogP contribution in [0.2, 0.25) is 0 Å². The lowest BCUT2D eigenvalue weighted by atomic mass is 10.1. The van der Waals surface area contributed by atoms with Crippen molar-refractivity contribution in [1.82, 2.24) is 10.9 Å². The Morgan fingerprint density at radius 1 is 0.931 bits per heavy atom. The Hall–Kier alpha value is -3.54. The smallest absolute Gasteiger partial charge is 0.279 e. The first-order valence-electron chi connectivity index (χ1n) is 9.37. The Labute approximate surface area is 169 Å².